The highest BCUT2D eigenvalue weighted by atomic mass is 16.7. The number of aryl methyl sites for hydroxylation is 1. The maximum Gasteiger partial charge on any atom is 0.462 e. The van der Waals surface area contributed by atoms with Crippen molar-refractivity contribution < 1.29 is 9.31 Å². The summed E-state index contributed by atoms with van der Waals surface area (Å²) in [6, 6.07) is 8.92. The fourth-order valence-electron chi connectivity index (χ4n) is 4.06. The lowest BCUT2D eigenvalue weighted by Gasteiger charge is -2.32. The van der Waals surface area contributed by atoms with E-state index < -0.39 is 0 Å². The number of rotatable bonds is 1. The molecule has 1 aromatic rings. The number of hydrogen-bond donors (Lipinski definition) is 0. The van der Waals surface area contributed by atoms with Crippen molar-refractivity contribution in [2.24, 2.45) is 0 Å². The lowest BCUT2D eigenvalue weighted by Crippen LogP contribution is -2.41. The van der Waals surface area contributed by atoms with E-state index in [2.05, 4.69) is 52.0 Å². The maximum atomic E-state index is 6.27. The molecule has 0 N–H and O–H groups in total. The minimum absolute atomic E-state index is 0.0360. The summed E-state index contributed by atoms with van der Waals surface area (Å²) < 4.78 is 12.5. The summed E-state index contributed by atoms with van der Waals surface area (Å²) in [5.41, 5.74) is 3.02. The first-order chi connectivity index (χ1) is 9.36. The van der Waals surface area contributed by atoms with Gasteiger partial charge in [0, 0.05) is 5.82 Å². The Bertz CT molecular complexity index is 550. The third-order valence-corrected chi connectivity index (χ3v) is 6.13. The van der Waals surface area contributed by atoms with Crippen LogP contribution in [0.25, 0.3) is 0 Å². The largest absolute Gasteiger partial charge is 0.462 e. The lowest BCUT2D eigenvalue weighted by atomic mass is 9.75. The van der Waals surface area contributed by atoms with Gasteiger partial charge in [-0.25, -0.2) is 0 Å². The Hall–Kier alpha value is -0.795. The van der Waals surface area contributed by atoms with Gasteiger partial charge in [-0.2, -0.15) is 0 Å². The average molecular weight is 270 g/mol. The Morgan fingerprint density at radius 1 is 1.05 bits per heavy atom. The van der Waals surface area contributed by atoms with E-state index >= 15 is 0 Å². The van der Waals surface area contributed by atoms with E-state index in [9.17, 15) is 0 Å². The summed E-state index contributed by atoms with van der Waals surface area (Å²) in [4.78, 5) is 0. The quantitative estimate of drug-likeness (QED) is 0.724. The summed E-state index contributed by atoms with van der Waals surface area (Å²) >= 11 is 0. The lowest BCUT2D eigenvalue weighted by molar-refractivity contribution is 0.00578. The van der Waals surface area contributed by atoms with Crippen molar-refractivity contribution in [3.8, 4) is 0 Å². The summed E-state index contributed by atoms with van der Waals surface area (Å²) in [6.45, 7) is 8.57. The highest BCUT2D eigenvalue weighted by Gasteiger charge is 2.68. The highest BCUT2D eigenvalue weighted by Crippen LogP contribution is 2.68. The molecule has 0 unspecified atom stereocenters. The van der Waals surface area contributed by atoms with Crippen LogP contribution in [0.4, 0.5) is 0 Å². The predicted molar refractivity (Wildman–Crippen MR) is 80.9 cm³/mol. The fraction of sp³-hybridized carbons (Fsp3) is 0.647. The van der Waals surface area contributed by atoms with Crippen LogP contribution in [0, 0.1) is 0 Å². The van der Waals surface area contributed by atoms with Gasteiger partial charge < -0.3 is 9.31 Å². The molecule has 1 spiro atoms. The Labute approximate surface area is 122 Å². The monoisotopic (exact) mass is 270 g/mol. The number of hydrogen-bond acceptors (Lipinski definition) is 2. The van der Waals surface area contributed by atoms with Gasteiger partial charge in [0.1, 0.15) is 0 Å². The summed E-state index contributed by atoms with van der Waals surface area (Å²) in [5, 5.41) is 0. The summed E-state index contributed by atoms with van der Waals surface area (Å²) in [5.74, 6) is 0.534. The molecule has 2 aliphatic carbocycles. The second-order valence-electron chi connectivity index (χ2n) is 7.75. The fourth-order valence-corrected chi connectivity index (χ4v) is 4.06. The van der Waals surface area contributed by atoms with Crippen molar-refractivity contribution in [2.75, 3.05) is 0 Å². The Balaban J connectivity index is 1.61. The molecule has 0 radical (unpaired) electrons. The van der Waals surface area contributed by atoms with Crippen LogP contribution < -0.4 is 0 Å². The van der Waals surface area contributed by atoms with Crippen molar-refractivity contribution in [2.45, 2.75) is 69.4 Å². The predicted octanol–water partition coefficient (Wildman–Crippen LogP) is 3.74. The molecule has 4 rings (SSSR count). The standard InChI is InChI=1S/C17H23BO2/c1-15(2)16(3,4)20-18(19-15)14-11-17(14)10-9-12-7-5-6-8-13(12)17/h5-8,14H,9-11H2,1-4H3/t14-,17+/m0/s1. The van der Waals surface area contributed by atoms with E-state index in [4.69, 9.17) is 9.31 Å². The highest BCUT2D eigenvalue weighted by molar-refractivity contribution is 6.49. The number of benzene rings is 1. The van der Waals surface area contributed by atoms with E-state index in [1.165, 1.54) is 24.8 Å². The van der Waals surface area contributed by atoms with Gasteiger partial charge in [0.05, 0.1) is 11.2 Å². The molecule has 1 saturated heterocycles. The molecule has 2 atom stereocenters. The first kappa shape index (κ1) is 12.9. The molecule has 3 aliphatic rings. The first-order valence-corrected chi connectivity index (χ1v) is 7.80. The minimum Gasteiger partial charge on any atom is -0.403 e. The van der Waals surface area contributed by atoms with E-state index in [0.717, 1.165) is 0 Å². The van der Waals surface area contributed by atoms with E-state index in [1.807, 2.05) is 0 Å². The van der Waals surface area contributed by atoms with E-state index in [-0.39, 0.29) is 18.3 Å². The molecule has 106 valence electrons. The Morgan fingerprint density at radius 3 is 2.40 bits per heavy atom. The van der Waals surface area contributed by atoms with Gasteiger partial charge in [-0.05, 0) is 63.5 Å². The van der Waals surface area contributed by atoms with Crippen LogP contribution in [0.3, 0.4) is 0 Å². The van der Waals surface area contributed by atoms with Crippen LogP contribution in [-0.2, 0) is 21.1 Å². The molecule has 1 heterocycles. The zero-order valence-electron chi connectivity index (χ0n) is 12.9. The molecule has 0 aromatic heterocycles. The van der Waals surface area contributed by atoms with Gasteiger partial charge in [0.15, 0.2) is 0 Å². The van der Waals surface area contributed by atoms with Crippen LogP contribution in [0.15, 0.2) is 24.3 Å². The first-order valence-electron chi connectivity index (χ1n) is 7.80. The van der Waals surface area contributed by atoms with Crippen LogP contribution in [-0.4, -0.2) is 18.3 Å². The normalized spacial score (nSPS) is 36.4. The molecule has 0 bridgehead atoms. The third kappa shape index (κ3) is 1.54. The zero-order chi connectivity index (χ0) is 14.2. The second kappa shape index (κ2) is 3.69. The van der Waals surface area contributed by atoms with Crippen LogP contribution in [0.5, 0.6) is 0 Å². The van der Waals surface area contributed by atoms with Gasteiger partial charge in [0.2, 0.25) is 0 Å². The molecule has 2 nitrogen and oxygen atoms in total. The molecule has 2 fully saturated rings. The van der Waals surface area contributed by atoms with E-state index in [0.29, 0.717) is 11.2 Å². The summed E-state index contributed by atoms with van der Waals surface area (Å²) in [7, 11) is -0.0360. The molecule has 3 heteroatoms. The van der Waals surface area contributed by atoms with Crippen molar-refractivity contribution in [3.63, 3.8) is 0 Å². The average Bonchev–Trinajstić information content (AvgIpc) is 2.91. The second-order valence-corrected chi connectivity index (χ2v) is 7.75. The molecule has 1 aromatic carbocycles. The molecule has 1 saturated carbocycles. The molecular formula is C17H23BO2. The third-order valence-electron chi connectivity index (χ3n) is 6.13. The maximum absolute atomic E-state index is 6.27. The van der Waals surface area contributed by atoms with Gasteiger partial charge in [0.25, 0.3) is 0 Å². The Morgan fingerprint density at radius 2 is 1.70 bits per heavy atom. The molecular weight excluding hydrogens is 247 g/mol. The molecule has 20 heavy (non-hydrogen) atoms. The van der Waals surface area contributed by atoms with Gasteiger partial charge in [-0.1, -0.05) is 24.3 Å². The van der Waals surface area contributed by atoms with Crippen molar-refractivity contribution in [1.82, 2.24) is 0 Å². The Kier molecular flexibility index (Phi) is 2.38. The topological polar surface area (TPSA) is 18.5 Å². The SMILES string of the molecule is CC1(C)OB([C@H]2C[C@@]23CCc2ccccc23)OC1(C)C. The smallest absolute Gasteiger partial charge is 0.403 e. The van der Waals surface area contributed by atoms with Gasteiger partial charge >= 0.3 is 7.12 Å². The molecule has 0 amide bonds. The summed E-state index contributed by atoms with van der Waals surface area (Å²) in [6.07, 6.45) is 3.70. The van der Waals surface area contributed by atoms with Crippen molar-refractivity contribution in [3.05, 3.63) is 35.4 Å². The van der Waals surface area contributed by atoms with Crippen molar-refractivity contribution in [1.29, 1.82) is 0 Å². The van der Waals surface area contributed by atoms with Crippen LogP contribution >= 0.6 is 0 Å². The van der Waals surface area contributed by atoms with Gasteiger partial charge in [-0.15, -0.1) is 0 Å². The zero-order valence-corrected chi connectivity index (χ0v) is 12.9. The van der Waals surface area contributed by atoms with Crippen LogP contribution in [0.1, 0.15) is 51.7 Å². The minimum atomic E-state index is -0.209. The van der Waals surface area contributed by atoms with Gasteiger partial charge in [-0.3, -0.25) is 0 Å². The van der Waals surface area contributed by atoms with Crippen molar-refractivity contribution >= 4 is 7.12 Å². The molecule has 1 aliphatic heterocycles. The number of fused-ring (bicyclic) bond motifs is 2. The van der Waals surface area contributed by atoms with Crippen LogP contribution in [0.2, 0.25) is 5.82 Å². The van der Waals surface area contributed by atoms with E-state index in [1.54, 1.807) is 5.56 Å².